The number of hydrogen-bond acceptors (Lipinski definition) is 6. The smallest absolute Gasteiger partial charge is 0.244 e. The van der Waals surface area contributed by atoms with Crippen molar-refractivity contribution in [2.45, 2.75) is 32.9 Å². The number of carbonyl (C=O) groups excluding carboxylic acids is 2. The molecule has 0 aliphatic rings. The third kappa shape index (κ3) is 7.50. The minimum Gasteiger partial charge on any atom is -0.497 e. The molecule has 0 aliphatic carbocycles. The second-order valence-corrected chi connectivity index (χ2v) is 10.1. The van der Waals surface area contributed by atoms with Crippen molar-refractivity contribution in [2.24, 2.45) is 0 Å². The predicted octanol–water partition coefficient (Wildman–Crippen LogP) is 3.07. The van der Waals surface area contributed by atoms with Gasteiger partial charge in [-0.05, 0) is 49.2 Å². The van der Waals surface area contributed by atoms with Gasteiger partial charge in [0.2, 0.25) is 21.8 Å². The van der Waals surface area contributed by atoms with E-state index in [9.17, 15) is 18.0 Å². The SMILES string of the molecule is CCNC(=O)C(CC)N(Cc1cccc(OC)c1)C(=O)CN(c1ccc(OC)c(Cl)c1)S(C)(=O)=O. The number of carbonyl (C=O) groups is 2. The number of halogens is 1. The predicted molar refractivity (Wildman–Crippen MR) is 137 cm³/mol. The van der Waals surface area contributed by atoms with Gasteiger partial charge >= 0.3 is 0 Å². The second-order valence-electron chi connectivity index (χ2n) is 7.78. The van der Waals surface area contributed by atoms with Crippen LogP contribution in [0.1, 0.15) is 25.8 Å². The lowest BCUT2D eigenvalue weighted by atomic mass is 10.1. The number of rotatable bonds is 12. The van der Waals surface area contributed by atoms with E-state index in [1.54, 1.807) is 32.0 Å². The Morgan fingerprint density at radius 2 is 1.80 bits per heavy atom. The van der Waals surface area contributed by atoms with E-state index in [0.29, 0.717) is 24.5 Å². The molecular weight excluding hydrogens is 494 g/mol. The van der Waals surface area contributed by atoms with E-state index in [-0.39, 0.29) is 23.2 Å². The van der Waals surface area contributed by atoms with Gasteiger partial charge in [-0.1, -0.05) is 30.7 Å². The van der Waals surface area contributed by atoms with E-state index >= 15 is 0 Å². The quantitative estimate of drug-likeness (QED) is 0.456. The van der Waals surface area contributed by atoms with Gasteiger partial charge in [0.05, 0.1) is 31.2 Å². The fraction of sp³-hybridized carbons (Fsp3) is 0.417. The fourth-order valence-corrected chi connectivity index (χ4v) is 4.70. The number of sulfonamides is 1. The van der Waals surface area contributed by atoms with Crippen molar-refractivity contribution in [3.05, 3.63) is 53.1 Å². The molecule has 0 fully saturated rings. The molecular formula is C24H32ClN3O6S. The molecule has 2 aromatic carbocycles. The third-order valence-corrected chi connectivity index (χ3v) is 6.76. The van der Waals surface area contributed by atoms with Crippen LogP contribution in [0.5, 0.6) is 11.5 Å². The lowest BCUT2D eigenvalue weighted by molar-refractivity contribution is -0.140. The molecule has 35 heavy (non-hydrogen) atoms. The highest BCUT2D eigenvalue weighted by atomic mass is 35.5. The first kappa shape index (κ1) is 28.3. The van der Waals surface area contributed by atoms with Gasteiger partial charge in [-0.25, -0.2) is 8.42 Å². The summed E-state index contributed by atoms with van der Waals surface area (Å²) in [6.07, 6.45) is 1.35. The van der Waals surface area contributed by atoms with Gasteiger partial charge < -0.3 is 19.7 Å². The zero-order valence-electron chi connectivity index (χ0n) is 20.6. The first-order valence-electron chi connectivity index (χ1n) is 11.1. The number of nitrogens with zero attached hydrogens (tertiary/aromatic N) is 2. The van der Waals surface area contributed by atoms with Crippen LogP contribution in [-0.4, -0.2) is 64.7 Å². The number of methoxy groups -OCH3 is 2. The van der Waals surface area contributed by atoms with Crippen LogP contribution in [-0.2, 0) is 26.2 Å². The normalized spacial score (nSPS) is 11.9. The molecule has 1 atom stereocenters. The molecule has 9 nitrogen and oxygen atoms in total. The third-order valence-electron chi connectivity index (χ3n) is 5.33. The number of ether oxygens (including phenoxy) is 2. The monoisotopic (exact) mass is 525 g/mol. The van der Waals surface area contributed by atoms with Crippen LogP contribution in [0.2, 0.25) is 5.02 Å². The molecule has 2 amide bonds. The van der Waals surface area contributed by atoms with E-state index in [0.717, 1.165) is 16.1 Å². The van der Waals surface area contributed by atoms with Gasteiger partial charge in [0.25, 0.3) is 0 Å². The summed E-state index contributed by atoms with van der Waals surface area (Å²) in [5.74, 6) is 0.122. The van der Waals surface area contributed by atoms with Crippen LogP contribution in [0, 0.1) is 0 Å². The van der Waals surface area contributed by atoms with Crippen molar-refractivity contribution < 1.29 is 27.5 Å². The lowest BCUT2D eigenvalue weighted by Gasteiger charge is -2.33. The summed E-state index contributed by atoms with van der Waals surface area (Å²) in [6, 6.07) is 10.8. The summed E-state index contributed by atoms with van der Waals surface area (Å²) >= 11 is 6.20. The maximum absolute atomic E-state index is 13.6. The zero-order chi connectivity index (χ0) is 26.2. The van der Waals surface area contributed by atoms with Crippen LogP contribution in [0.4, 0.5) is 5.69 Å². The summed E-state index contributed by atoms with van der Waals surface area (Å²) in [5, 5.41) is 2.96. The number of benzene rings is 2. The van der Waals surface area contributed by atoms with Crippen LogP contribution >= 0.6 is 11.6 Å². The van der Waals surface area contributed by atoms with E-state index in [1.165, 1.54) is 37.3 Å². The molecule has 0 radical (unpaired) electrons. The fourth-order valence-electron chi connectivity index (χ4n) is 3.60. The number of nitrogens with one attached hydrogen (secondary N) is 1. The standard InChI is InChI=1S/C24H32ClN3O6S/c1-6-21(24(30)26-7-2)27(15-17-9-8-10-19(13-17)33-3)23(29)16-28(35(5,31)32)18-11-12-22(34-4)20(25)14-18/h8-14,21H,6-7,15-16H2,1-5H3,(H,26,30). The van der Waals surface area contributed by atoms with Crippen molar-refractivity contribution in [3.8, 4) is 11.5 Å². The first-order valence-corrected chi connectivity index (χ1v) is 13.3. The van der Waals surface area contributed by atoms with Crippen molar-refractivity contribution >= 4 is 39.1 Å². The van der Waals surface area contributed by atoms with Crippen molar-refractivity contribution in [1.29, 1.82) is 0 Å². The van der Waals surface area contributed by atoms with Crippen LogP contribution in [0.3, 0.4) is 0 Å². The zero-order valence-corrected chi connectivity index (χ0v) is 22.1. The molecule has 0 aliphatic heterocycles. The molecule has 2 aromatic rings. The highest BCUT2D eigenvalue weighted by Gasteiger charge is 2.31. The van der Waals surface area contributed by atoms with Crippen molar-refractivity contribution in [1.82, 2.24) is 10.2 Å². The number of amides is 2. The minimum atomic E-state index is -3.86. The van der Waals surface area contributed by atoms with Gasteiger partial charge in [-0.3, -0.25) is 13.9 Å². The van der Waals surface area contributed by atoms with Gasteiger partial charge in [-0.15, -0.1) is 0 Å². The molecule has 0 heterocycles. The van der Waals surface area contributed by atoms with Crippen LogP contribution in [0.15, 0.2) is 42.5 Å². The van der Waals surface area contributed by atoms with Crippen LogP contribution < -0.4 is 19.1 Å². The molecule has 11 heteroatoms. The van der Waals surface area contributed by atoms with Crippen LogP contribution in [0.25, 0.3) is 0 Å². The summed E-state index contributed by atoms with van der Waals surface area (Å²) in [4.78, 5) is 27.8. The Morgan fingerprint density at radius 3 is 2.34 bits per heavy atom. The summed E-state index contributed by atoms with van der Waals surface area (Å²) in [5.41, 5.74) is 0.942. The first-order chi connectivity index (χ1) is 16.5. The maximum Gasteiger partial charge on any atom is 0.244 e. The molecule has 0 bridgehead atoms. The highest BCUT2D eigenvalue weighted by molar-refractivity contribution is 7.92. The average molecular weight is 526 g/mol. The molecule has 192 valence electrons. The van der Waals surface area contributed by atoms with E-state index < -0.39 is 28.5 Å². The Balaban J connectivity index is 2.47. The second kappa shape index (κ2) is 12.6. The number of anilines is 1. The van der Waals surface area contributed by atoms with Crippen molar-refractivity contribution in [3.63, 3.8) is 0 Å². The van der Waals surface area contributed by atoms with E-state index in [4.69, 9.17) is 21.1 Å². The Hall–Kier alpha value is -2.98. The molecule has 2 rings (SSSR count). The molecule has 0 saturated heterocycles. The number of hydrogen-bond donors (Lipinski definition) is 1. The Labute approximate surface area is 212 Å². The lowest BCUT2D eigenvalue weighted by Crippen LogP contribution is -2.52. The van der Waals surface area contributed by atoms with Gasteiger partial charge in [-0.2, -0.15) is 0 Å². The van der Waals surface area contributed by atoms with Gasteiger partial charge in [0.15, 0.2) is 0 Å². The summed E-state index contributed by atoms with van der Waals surface area (Å²) in [7, 11) is -0.880. The molecule has 1 N–H and O–H groups in total. The Bertz CT molecular complexity index is 1140. The number of likely N-dealkylation sites (N-methyl/N-ethyl adjacent to an activating group) is 1. The van der Waals surface area contributed by atoms with Gasteiger partial charge in [0.1, 0.15) is 24.1 Å². The average Bonchev–Trinajstić information content (AvgIpc) is 2.81. The van der Waals surface area contributed by atoms with Crippen molar-refractivity contribution in [2.75, 3.05) is 37.9 Å². The molecule has 0 saturated carbocycles. The maximum atomic E-state index is 13.6. The molecule has 0 aromatic heterocycles. The summed E-state index contributed by atoms with van der Waals surface area (Å²) < 4.78 is 36.7. The minimum absolute atomic E-state index is 0.0899. The van der Waals surface area contributed by atoms with E-state index in [2.05, 4.69) is 5.32 Å². The Kier molecular flexibility index (Phi) is 10.2. The topological polar surface area (TPSA) is 105 Å². The van der Waals surface area contributed by atoms with E-state index in [1.807, 2.05) is 6.07 Å². The van der Waals surface area contributed by atoms with Gasteiger partial charge in [0, 0.05) is 13.1 Å². The highest BCUT2D eigenvalue weighted by Crippen LogP contribution is 2.30. The Morgan fingerprint density at radius 1 is 1.09 bits per heavy atom. The molecule has 0 spiro atoms. The largest absolute Gasteiger partial charge is 0.497 e. The molecule has 1 unspecified atom stereocenters. The summed E-state index contributed by atoms with van der Waals surface area (Å²) in [6.45, 7) is 3.56.